The molecule has 4 heteroatoms. The second kappa shape index (κ2) is 6.34. The van der Waals surface area contributed by atoms with Gasteiger partial charge in [-0.1, -0.05) is 6.07 Å². The molecule has 1 fully saturated rings. The van der Waals surface area contributed by atoms with E-state index >= 15 is 0 Å². The number of aryl methyl sites for hydroxylation is 1. The van der Waals surface area contributed by atoms with Crippen LogP contribution < -0.4 is 0 Å². The molecule has 2 rings (SSSR count). The summed E-state index contributed by atoms with van der Waals surface area (Å²) in [7, 11) is 0. The van der Waals surface area contributed by atoms with Crippen LogP contribution in [0, 0.1) is 0 Å². The van der Waals surface area contributed by atoms with Crippen LogP contribution in [-0.4, -0.2) is 36.1 Å². The van der Waals surface area contributed by atoms with Gasteiger partial charge in [0.05, 0.1) is 12.2 Å². The molecule has 2 atom stereocenters. The smallest absolute Gasteiger partial charge is 0.222 e. The molecule has 0 aromatic carbocycles. The van der Waals surface area contributed by atoms with Gasteiger partial charge in [0, 0.05) is 24.4 Å². The Kier molecular flexibility index (Phi) is 4.78. The largest absolute Gasteiger partial charge is 0.372 e. The summed E-state index contributed by atoms with van der Waals surface area (Å²) in [6.45, 7) is 5.54. The van der Waals surface area contributed by atoms with Crippen LogP contribution in [0.2, 0.25) is 0 Å². The van der Waals surface area contributed by atoms with Crippen LogP contribution in [0.1, 0.15) is 31.6 Å². The molecule has 18 heavy (non-hydrogen) atoms. The van der Waals surface area contributed by atoms with Crippen molar-refractivity contribution in [3.05, 3.63) is 22.4 Å². The maximum Gasteiger partial charge on any atom is 0.222 e. The Bertz CT molecular complexity index is 367. The highest BCUT2D eigenvalue weighted by Crippen LogP contribution is 2.15. The fourth-order valence-electron chi connectivity index (χ4n) is 2.41. The highest BCUT2D eigenvalue weighted by Gasteiger charge is 2.25. The van der Waals surface area contributed by atoms with Gasteiger partial charge in [0.25, 0.3) is 0 Å². The van der Waals surface area contributed by atoms with E-state index in [0.717, 1.165) is 25.9 Å². The topological polar surface area (TPSA) is 29.5 Å². The van der Waals surface area contributed by atoms with E-state index in [1.54, 1.807) is 11.3 Å². The van der Waals surface area contributed by atoms with E-state index in [0.29, 0.717) is 6.42 Å². The Morgan fingerprint density at radius 3 is 2.78 bits per heavy atom. The molecule has 0 N–H and O–H groups in total. The lowest BCUT2D eigenvalue weighted by atomic mass is 10.1. The summed E-state index contributed by atoms with van der Waals surface area (Å²) in [5, 5.41) is 2.09. The van der Waals surface area contributed by atoms with E-state index in [1.807, 2.05) is 18.7 Å². The lowest BCUT2D eigenvalue weighted by Crippen LogP contribution is -2.48. The van der Waals surface area contributed by atoms with Crippen molar-refractivity contribution in [2.24, 2.45) is 0 Å². The van der Waals surface area contributed by atoms with Crippen LogP contribution in [0.25, 0.3) is 0 Å². The first-order valence-electron chi connectivity index (χ1n) is 6.61. The summed E-state index contributed by atoms with van der Waals surface area (Å²) < 4.78 is 5.64. The van der Waals surface area contributed by atoms with Crippen LogP contribution in [0.5, 0.6) is 0 Å². The minimum Gasteiger partial charge on any atom is -0.372 e. The predicted molar refractivity (Wildman–Crippen MR) is 73.8 cm³/mol. The number of rotatable bonds is 4. The van der Waals surface area contributed by atoms with Gasteiger partial charge in [-0.15, -0.1) is 11.3 Å². The normalized spacial score (nSPS) is 24.2. The van der Waals surface area contributed by atoms with E-state index in [1.165, 1.54) is 4.88 Å². The highest BCUT2D eigenvalue weighted by atomic mass is 32.1. The quantitative estimate of drug-likeness (QED) is 0.839. The van der Waals surface area contributed by atoms with Gasteiger partial charge >= 0.3 is 0 Å². The van der Waals surface area contributed by atoms with Crippen LogP contribution in [0.15, 0.2) is 17.5 Å². The Balaban J connectivity index is 1.74. The molecule has 1 aromatic heterocycles. The molecular weight excluding hydrogens is 246 g/mol. The SMILES string of the molecule is CC1CN(C(=O)CCCc2cccs2)CC(C)O1. The second-order valence-corrected chi connectivity index (χ2v) is 6.02. The zero-order valence-electron chi connectivity index (χ0n) is 11.1. The van der Waals surface area contributed by atoms with E-state index in [-0.39, 0.29) is 18.1 Å². The van der Waals surface area contributed by atoms with Crippen molar-refractivity contribution in [3.63, 3.8) is 0 Å². The van der Waals surface area contributed by atoms with Crippen LogP contribution >= 0.6 is 11.3 Å². The molecule has 1 saturated heterocycles. The van der Waals surface area contributed by atoms with Gasteiger partial charge in [0.15, 0.2) is 0 Å². The molecule has 0 bridgehead atoms. The van der Waals surface area contributed by atoms with Crippen LogP contribution in [0.3, 0.4) is 0 Å². The summed E-state index contributed by atoms with van der Waals surface area (Å²) in [5.74, 6) is 0.272. The van der Waals surface area contributed by atoms with Crippen molar-refractivity contribution < 1.29 is 9.53 Å². The van der Waals surface area contributed by atoms with Gasteiger partial charge in [-0.3, -0.25) is 4.79 Å². The fraction of sp³-hybridized carbons (Fsp3) is 0.643. The van der Waals surface area contributed by atoms with Crippen molar-refractivity contribution >= 4 is 17.2 Å². The number of nitrogens with zero attached hydrogens (tertiary/aromatic N) is 1. The van der Waals surface area contributed by atoms with Gasteiger partial charge < -0.3 is 9.64 Å². The molecule has 0 radical (unpaired) electrons. The van der Waals surface area contributed by atoms with E-state index < -0.39 is 0 Å². The molecule has 2 heterocycles. The number of hydrogen-bond donors (Lipinski definition) is 0. The molecule has 1 aliphatic rings. The first-order valence-corrected chi connectivity index (χ1v) is 7.48. The number of hydrogen-bond acceptors (Lipinski definition) is 3. The lowest BCUT2D eigenvalue weighted by molar-refractivity contribution is -0.143. The highest BCUT2D eigenvalue weighted by molar-refractivity contribution is 7.09. The fourth-order valence-corrected chi connectivity index (χ4v) is 3.16. The van der Waals surface area contributed by atoms with E-state index in [9.17, 15) is 4.79 Å². The minimum atomic E-state index is 0.162. The molecule has 100 valence electrons. The number of morpholine rings is 1. The Labute approximate surface area is 113 Å². The summed E-state index contributed by atoms with van der Waals surface area (Å²) in [6.07, 6.45) is 2.93. The van der Waals surface area contributed by atoms with Gasteiger partial charge in [-0.25, -0.2) is 0 Å². The Hall–Kier alpha value is -0.870. The van der Waals surface area contributed by atoms with Crippen molar-refractivity contribution in [1.82, 2.24) is 4.90 Å². The van der Waals surface area contributed by atoms with Crippen molar-refractivity contribution in [3.8, 4) is 0 Å². The standard InChI is InChI=1S/C14H21NO2S/c1-11-9-15(10-12(2)17-11)14(16)7-3-5-13-6-4-8-18-13/h4,6,8,11-12H,3,5,7,9-10H2,1-2H3. The number of thiophene rings is 1. The van der Waals surface area contributed by atoms with Crippen molar-refractivity contribution in [2.45, 2.75) is 45.3 Å². The van der Waals surface area contributed by atoms with Crippen LogP contribution in [-0.2, 0) is 16.0 Å². The molecular formula is C14H21NO2S. The first kappa shape index (κ1) is 13.6. The van der Waals surface area contributed by atoms with Gasteiger partial charge in [-0.05, 0) is 38.1 Å². The number of amides is 1. The van der Waals surface area contributed by atoms with Crippen molar-refractivity contribution in [2.75, 3.05) is 13.1 Å². The van der Waals surface area contributed by atoms with Gasteiger partial charge in [-0.2, -0.15) is 0 Å². The monoisotopic (exact) mass is 267 g/mol. The lowest BCUT2D eigenvalue weighted by Gasteiger charge is -2.35. The first-order chi connectivity index (χ1) is 8.65. The third kappa shape index (κ3) is 3.82. The van der Waals surface area contributed by atoms with Gasteiger partial charge in [0.1, 0.15) is 0 Å². The Morgan fingerprint density at radius 2 is 2.17 bits per heavy atom. The molecule has 0 saturated carbocycles. The Morgan fingerprint density at radius 1 is 1.44 bits per heavy atom. The molecule has 3 nitrogen and oxygen atoms in total. The third-order valence-electron chi connectivity index (χ3n) is 3.17. The average Bonchev–Trinajstić information content (AvgIpc) is 2.80. The number of ether oxygens (including phenoxy) is 1. The summed E-state index contributed by atoms with van der Waals surface area (Å²) >= 11 is 1.77. The summed E-state index contributed by atoms with van der Waals surface area (Å²) in [6, 6.07) is 4.20. The predicted octanol–water partition coefficient (Wildman–Crippen LogP) is 2.71. The second-order valence-electron chi connectivity index (χ2n) is 4.99. The average molecular weight is 267 g/mol. The molecule has 1 aromatic rings. The summed E-state index contributed by atoms with van der Waals surface area (Å²) in [5.41, 5.74) is 0. The van der Waals surface area contributed by atoms with Gasteiger partial charge in [0.2, 0.25) is 5.91 Å². The third-order valence-corrected chi connectivity index (χ3v) is 4.10. The molecule has 0 aliphatic carbocycles. The number of carbonyl (C=O) groups excluding carboxylic acids is 1. The zero-order chi connectivity index (χ0) is 13.0. The molecule has 1 aliphatic heterocycles. The van der Waals surface area contributed by atoms with E-state index in [2.05, 4.69) is 17.5 Å². The maximum atomic E-state index is 12.1. The number of carbonyl (C=O) groups is 1. The molecule has 0 spiro atoms. The zero-order valence-corrected chi connectivity index (χ0v) is 11.9. The summed E-state index contributed by atoms with van der Waals surface area (Å²) in [4.78, 5) is 15.4. The molecule has 1 amide bonds. The van der Waals surface area contributed by atoms with E-state index in [4.69, 9.17) is 4.74 Å². The van der Waals surface area contributed by atoms with Crippen LogP contribution in [0.4, 0.5) is 0 Å². The molecule has 2 unspecified atom stereocenters. The minimum absolute atomic E-state index is 0.162. The maximum absolute atomic E-state index is 12.1. The van der Waals surface area contributed by atoms with Crippen molar-refractivity contribution in [1.29, 1.82) is 0 Å².